The molecule has 2 nitrogen and oxygen atoms in total. The fourth-order valence-electron chi connectivity index (χ4n) is 0.160. The van der Waals surface area contributed by atoms with E-state index in [1.807, 2.05) is 13.8 Å². The summed E-state index contributed by atoms with van der Waals surface area (Å²) < 4.78 is 10.0. The third-order valence-electron chi connectivity index (χ3n) is 0.407. The van der Waals surface area contributed by atoms with E-state index in [-0.39, 0.29) is 24.8 Å². The van der Waals surface area contributed by atoms with Crippen molar-refractivity contribution in [2.45, 2.75) is 13.8 Å². The Morgan fingerprint density at radius 1 is 1.00 bits per heavy atom. The minimum atomic E-state index is -0.819. The first-order valence-electron chi connectivity index (χ1n) is 2.40. The number of rotatable bonds is 4. The second-order valence-electron chi connectivity index (χ2n) is 0.949. The Hall–Kier alpha value is 1.30. The molecular weight excluding hydrogens is 270 g/mol. The molecule has 0 atom stereocenters. The first-order chi connectivity index (χ1) is 3.41. The third kappa shape index (κ3) is 17.6. The fraction of sp³-hybridized carbons (Fsp3) is 1.00. The molecule has 0 unspecified atom stereocenters. The smallest absolute Gasteiger partial charge is 0.147 e. The van der Waals surface area contributed by atoms with Crippen molar-refractivity contribution in [3.05, 3.63) is 0 Å². The molecule has 5 heteroatoms. The molecule has 0 saturated heterocycles. The van der Waals surface area contributed by atoms with E-state index in [0.29, 0.717) is 0 Å². The van der Waals surface area contributed by atoms with Gasteiger partial charge in [-0.15, -0.1) is 24.8 Å². The molecule has 0 aliphatic rings. The predicted octanol–water partition coefficient (Wildman–Crippen LogP) is 1.44. The van der Waals surface area contributed by atoms with Crippen molar-refractivity contribution >= 4 is 46.8 Å². The van der Waals surface area contributed by atoms with E-state index in [4.69, 9.17) is 6.15 Å². The fourth-order valence-corrected chi connectivity index (χ4v) is 1.07. The average molecular weight is 282 g/mol. The molecule has 9 heavy (non-hydrogen) atoms. The maximum absolute atomic E-state index is 5.02. The van der Waals surface area contributed by atoms with E-state index in [1.165, 1.54) is 0 Å². The standard InChI is InChI=1S/2C2H5O.2ClH.Sn/c2*1-2-3;;;/h2*2H2,1H3;2*1H;/q2*-1;;;+2. The van der Waals surface area contributed by atoms with Crippen molar-refractivity contribution in [2.75, 3.05) is 13.2 Å². The monoisotopic (exact) mass is 282 g/mol. The van der Waals surface area contributed by atoms with Crippen molar-refractivity contribution in [1.82, 2.24) is 0 Å². The van der Waals surface area contributed by atoms with Crippen LogP contribution in [-0.2, 0) is 6.15 Å². The topological polar surface area (TPSA) is 18.5 Å². The van der Waals surface area contributed by atoms with Crippen molar-refractivity contribution in [3.8, 4) is 0 Å². The summed E-state index contributed by atoms with van der Waals surface area (Å²) in [6, 6.07) is 0. The van der Waals surface area contributed by atoms with Crippen LogP contribution >= 0.6 is 24.8 Å². The minimum Gasteiger partial charge on any atom is -0.147 e. The van der Waals surface area contributed by atoms with E-state index in [2.05, 4.69) is 0 Å². The molecule has 0 aliphatic carbocycles. The molecule has 0 heterocycles. The molecule has 0 aromatic rings. The van der Waals surface area contributed by atoms with Crippen LogP contribution in [0.4, 0.5) is 0 Å². The van der Waals surface area contributed by atoms with Crippen LogP contribution in [0.15, 0.2) is 0 Å². The number of halogens is 2. The van der Waals surface area contributed by atoms with Crippen LogP contribution in [0.2, 0.25) is 0 Å². The van der Waals surface area contributed by atoms with Crippen LogP contribution < -0.4 is 0 Å². The van der Waals surface area contributed by atoms with Gasteiger partial charge in [0.15, 0.2) is 0 Å². The summed E-state index contributed by atoms with van der Waals surface area (Å²) in [5.74, 6) is 0. The molecule has 0 aromatic heterocycles. The van der Waals surface area contributed by atoms with Gasteiger partial charge in [-0.25, -0.2) is 0 Å². The zero-order valence-electron chi connectivity index (χ0n) is 5.55. The van der Waals surface area contributed by atoms with Gasteiger partial charge < -0.3 is 0 Å². The van der Waals surface area contributed by atoms with E-state index in [1.54, 1.807) is 0 Å². The first-order valence-corrected chi connectivity index (χ1v) is 4.73. The van der Waals surface area contributed by atoms with Gasteiger partial charge in [0.1, 0.15) is 0 Å². The van der Waals surface area contributed by atoms with Crippen molar-refractivity contribution in [3.63, 3.8) is 0 Å². The van der Waals surface area contributed by atoms with Crippen molar-refractivity contribution in [1.29, 1.82) is 0 Å². The molecule has 2 radical (unpaired) electrons. The molecule has 0 spiro atoms. The molecule has 0 fully saturated rings. The van der Waals surface area contributed by atoms with Crippen LogP contribution in [0.3, 0.4) is 0 Å². The van der Waals surface area contributed by atoms with Crippen LogP contribution in [-0.4, -0.2) is 35.2 Å². The Labute approximate surface area is 79.8 Å². The summed E-state index contributed by atoms with van der Waals surface area (Å²) >= 11 is -0.819. The van der Waals surface area contributed by atoms with Crippen molar-refractivity contribution in [2.24, 2.45) is 0 Å². The summed E-state index contributed by atoms with van der Waals surface area (Å²) in [5.41, 5.74) is 0. The molecule has 0 aliphatic heterocycles. The Morgan fingerprint density at radius 2 is 1.33 bits per heavy atom. The van der Waals surface area contributed by atoms with Gasteiger partial charge in [-0.1, -0.05) is 0 Å². The van der Waals surface area contributed by atoms with Crippen LogP contribution in [0.1, 0.15) is 13.8 Å². The van der Waals surface area contributed by atoms with Crippen LogP contribution in [0.25, 0.3) is 0 Å². The zero-order chi connectivity index (χ0) is 5.54. The normalized spacial score (nSPS) is 7.33. The molecule has 0 aromatic carbocycles. The molecular formula is C4H12Cl2O2Sn. The number of hydrogen-bond donors (Lipinski definition) is 0. The van der Waals surface area contributed by atoms with Gasteiger partial charge >= 0.3 is 55.2 Å². The van der Waals surface area contributed by atoms with Gasteiger partial charge in [0, 0.05) is 0 Å². The molecule has 58 valence electrons. The van der Waals surface area contributed by atoms with Gasteiger partial charge in [0.2, 0.25) is 0 Å². The first kappa shape index (κ1) is 16.7. The molecule has 0 N–H and O–H groups in total. The van der Waals surface area contributed by atoms with E-state index in [0.717, 1.165) is 13.2 Å². The Balaban J connectivity index is -0.000000180. The maximum atomic E-state index is 5.02. The van der Waals surface area contributed by atoms with Gasteiger partial charge in [0.25, 0.3) is 0 Å². The minimum absolute atomic E-state index is 0. The molecule has 0 rings (SSSR count). The quantitative estimate of drug-likeness (QED) is 0.573. The van der Waals surface area contributed by atoms with E-state index < -0.39 is 22.0 Å². The summed E-state index contributed by atoms with van der Waals surface area (Å²) in [6.07, 6.45) is 0. The summed E-state index contributed by atoms with van der Waals surface area (Å²) in [4.78, 5) is 0. The largest absolute Gasteiger partial charge is 0.147 e. The summed E-state index contributed by atoms with van der Waals surface area (Å²) in [6.45, 7) is 5.60. The average Bonchev–Trinajstić information content (AvgIpc) is 1.69. The van der Waals surface area contributed by atoms with Gasteiger partial charge in [0.05, 0.1) is 0 Å². The predicted molar refractivity (Wildman–Crippen MR) is 43.5 cm³/mol. The molecule has 0 saturated carbocycles. The van der Waals surface area contributed by atoms with Crippen molar-refractivity contribution < 1.29 is 6.15 Å². The second kappa shape index (κ2) is 16.1. The molecule has 0 bridgehead atoms. The van der Waals surface area contributed by atoms with Gasteiger partial charge in [-0.2, -0.15) is 0 Å². The van der Waals surface area contributed by atoms with Crippen LogP contribution in [0, 0.1) is 0 Å². The van der Waals surface area contributed by atoms with Crippen LogP contribution in [0.5, 0.6) is 0 Å². The van der Waals surface area contributed by atoms with E-state index in [9.17, 15) is 0 Å². The van der Waals surface area contributed by atoms with E-state index >= 15 is 0 Å². The van der Waals surface area contributed by atoms with Gasteiger partial charge in [-0.3, -0.25) is 0 Å². The summed E-state index contributed by atoms with van der Waals surface area (Å²) in [7, 11) is 0. The Kier molecular flexibility index (Phi) is 30.0. The summed E-state index contributed by atoms with van der Waals surface area (Å²) in [5, 5.41) is 0. The zero-order valence-corrected chi connectivity index (χ0v) is 10.0. The van der Waals surface area contributed by atoms with Gasteiger partial charge in [-0.05, 0) is 0 Å². The Bertz CT molecular complexity index is 35.7. The second-order valence-corrected chi connectivity index (χ2v) is 3.07. The third-order valence-corrected chi connectivity index (χ3v) is 2.73. The maximum Gasteiger partial charge on any atom is -0.147 e. The Morgan fingerprint density at radius 3 is 1.56 bits per heavy atom. The SMILES string of the molecule is CC[O][Sn][O]CC.Cl.Cl. The number of hydrogen-bond acceptors (Lipinski definition) is 2. The molecule has 0 amide bonds.